The number of β-lactam (4-membered cyclic amide) rings is 1. The largest absolute Gasteiger partial charge is 0.490 e. The first kappa shape index (κ1) is 23.5. The number of carboxylic acids is 2. The fourth-order valence-corrected chi connectivity index (χ4v) is 4.24. The van der Waals surface area contributed by atoms with E-state index in [1.54, 1.807) is 17.1 Å². The zero-order valence-electron chi connectivity index (χ0n) is 15.4. The third kappa shape index (κ3) is 4.67. The summed E-state index contributed by atoms with van der Waals surface area (Å²) in [7, 11) is 0. The summed E-state index contributed by atoms with van der Waals surface area (Å²) in [5.74, 6) is -4.01. The number of likely N-dealkylation sites (tertiary alicyclic amines) is 1. The van der Waals surface area contributed by atoms with Gasteiger partial charge in [0.25, 0.3) is 0 Å². The van der Waals surface area contributed by atoms with Gasteiger partial charge in [-0.3, -0.25) is 14.5 Å². The number of aliphatic carboxylic acids is 2. The second kappa shape index (κ2) is 8.92. The number of allylic oxidation sites excluding steroid dienone is 1. The normalized spacial score (nSPS) is 24.9. The Morgan fingerprint density at radius 3 is 2.40 bits per heavy atom. The molecule has 0 radical (unpaired) electrons. The Kier molecular flexibility index (Phi) is 6.98. The van der Waals surface area contributed by atoms with E-state index >= 15 is 0 Å². The lowest BCUT2D eigenvalue weighted by Crippen LogP contribution is -2.68. The monoisotopic (exact) mass is 449 g/mol. The van der Waals surface area contributed by atoms with Crippen LogP contribution in [0.4, 0.5) is 13.2 Å². The molecule has 3 aliphatic rings. The van der Waals surface area contributed by atoms with E-state index < -0.39 is 24.2 Å². The molecule has 30 heavy (non-hydrogen) atoms. The van der Waals surface area contributed by atoms with Gasteiger partial charge in [0.15, 0.2) is 0 Å². The quantitative estimate of drug-likeness (QED) is 0.321. The summed E-state index contributed by atoms with van der Waals surface area (Å²) in [5, 5.41) is 16.3. The van der Waals surface area contributed by atoms with Gasteiger partial charge in [0, 0.05) is 24.4 Å². The number of nitrogens with two attached hydrogens (primary N) is 1. The number of carboxylic acid groups (broad SMARTS) is 2. The molecule has 0 bridgehead atoms. The number of thioether (sulfide) groups is 1. The zero-order chi connectivity index (χ0) is 22.8. The Balaban J connectivity index is 0.000000396. The van der Waals surface area contributed by atoms with Crippen LogP contribution < -0.4 is 5.73 Å². The Bertz CT molecular complexity index is 854. The highest BCUT2D eigenvalue weighted by Crippen LogP contribution is 2.40. The van der Waals surface area contributed by atoms with Crippen molar-refractivity contribution in [3.63, 3.8) is 0 Å². The molecule has 9 nitrogen and oxygen atoms in total. The molecule has 3 heterocycles. The minimum Gasteiger partial charge on any atom is -0.477 e. The van der Waals surface area contributed by atoms with Crippen LogP contribution in [0.5, 0.6) is 0 Å². The molecular formula is C17H18F3N3O6S. The average Bonchev–Trinajstić information content (AvgIpc) is 3.00. The van der Waals surface area contributed by atoms with Gasteiger partial charge in [-0.25, -0.2) is 9.59 Å². The summed E-state index contributed by atoms with van der Waals surface area (Å²) < 4.78 is 31.7. The molecule has 2 amide bonds. The van der Waals surface area contributed by atoms with Crippen LogP contribution in [-0.2, 0) is 19.2 Å². The molecule has 0 aromatic heterocycles. The SMILES string of the molecule is C=CCN1CC/C(=C\C2=C(C(=O)O)N3C(=O)[C@@H](N)[C@H]3SC2)C1=O.O=C(O)C(F)(F)F. The number of nitrogens with zero attached hydrogens (tertiary/aromatic N) is 2. The number of alkyl halides is 3. The zero-order valence-corrected chi connectivity index (χ0v) is 16.2. The van der Waals surface area contributed by atoms with E-state index in [1.165, 1.54) is 16.7 Å². The minimum absolute atomic E-state index is 0.0529. The van der Waals surface area contributed by atoms with E-state index in [1.807, 2.05) is 0 Å². The predicted molar refractivity (Wildman–Crippen MR) is 98.9 cm³/mol. The van der Waals surface area contributed by atoms with E-state index in [0.717, 1.165) is 0 Å². The van der Waals surface area contributed by atoms with Crippen molar-refractivity contribution in [3.8, 4) is 0 Å². The van der Waals surface area contributed by atoms with Gasteiger partial charge in [0.05, 0.1) is 0 Å². The average molecular weight is 449 g/mol. The maximum atomic E-state index is 12.3. The van der Waals surface area contributed by atoms with Gasteiger partial charge >= 0.3 is 18.1 Å². The van der Waals surface area contributed by atoms with Crippen molar-refractivity contribution < 1.29 is 42.6 Å². The number of amides is 2. The van der Waals surface area contributed by atoms with Crippen molar-refractivity contribution >= 4 is 35.5 Å². The molecule has 164 valence electrons. The summed E-state index contributed by atoms with van der Waals surface area (Å²) >= 11 is 1.42. The van der Waals surface area contributed by atoms with Crippen LogP contribution in [0, 0.1) is 0 Å². The fraction of sp³-hybridized carbons (Fsp3) is 0.412. The molecule has 13 heteroatoms. The second-order valence-corrected chi connectivity index (χ2v) is 7.48. The fourth-order valence-electron chi connectivity index (χ4n) is 2.99. The topological polar surface area (TPSA) is 141 Å². The number of rotatable bonds is 4. The molecule has 4 N–H and O–H groups in total. The van der Waals surface area contributed by atoms with Gasteiger partial charge in [-0.05, 0) is 18.1 Å². The van der Waals surface area contributed by atoms with Gasteiger partial charge in [0.2, 0.25) is 11.8 Å². The van der Waals surface area contributed by atoms with Gasteiger partial charge in [-0.2, -0.15) is 13.2 Å². The van der Waals surface area contributed by atoms with Crippen molar-refractivity contribution in [2.75, 3.05) is 18.8 Å². The van der Waals surface area contributed by atoms with E-state index in [2.05, 4.69) is 6.58 Å². The summed E-state index contributed by atoms with van der Waals surface area (Å²) in [6, 6.07) is -0.653. The van der Waals surface area contributed by atoms with Crippen molar-refractivity contribution in [2.24, 2.45) is 5.73 Å². The number of fused-ring (bicyclic) bond motifs is 1. The Hall–Kier alpha value is -2.80. The predicted octanol–water partition coefficient (Wildman–Crippen LogP) is 0.546. The third-order valence-electron chi connectivity index (χ3n) is 4.39. The first-order valence-corrected chi connectivity index (χ1v) is 9.52. The molecule has 2 atom stereocenters. The van der Waals surface area contributed by atoms with Crippen LogP contribution in [0.15, 0.2) is 35.6 Å². The molecule has 2 saturated heterocycles. The van der Waals surface area contributed by atoms with Gasteiger partial charge in [0.1, 0.15) is 17.1 Å². The molecule has 3 rings (SSSR count). The summed E-state index contributed by atoms with van der Waals surface area (Å²) in [6.07, 6.45) is -1.25. The van der Waals surface area contributed by atoms with Gasteiger partial charge < -0.3 is 20.8 Å². The molecule has 0 aromatic carbocycles. The van der Waals surface area contributed by atoms with Crippen LogP contribution in [-0.4, -0.2) is 80.2 Å². The molecule has 0 unspecified atom stereocenters. The smallest absolute Gasteiger partial charge is 0.477 e. The first-order valence-electron chi connectivity index (χ1n) is 8.47. The summed E-state index contributed by atoms with van der Waals surface area (Å²) in [5.41, 5.74) is 6.71. The molecular weight excluding hydrogens is 431 g/mol. The lowest BCUT2D eigenvalue weighted by molar-refractivity contribution is -0.192. The van der Waals surface area contributed by atoms with E-state index in [-0.39, 0.29) is 22.9 Å². The van der Waals surface area contributed by atoms with Crippen LogP contribution >= 0.6 is 11.8 Å². The van der Waals surface area contributed by atoms with E-state index in [9.17, 15) is 32.7 Å². The Morgan fingerprint density at radius 2 is 1.90 bits per heavy atom. The Labute approximate surface area is 172 Å². The highest BCUT2D eigenvalue weighted by molar-refractivity contribution is 8.00. The standard InChI is InChI=1S/C15H17N3O4S.C2HF3O2/c1-2-4-17-5-3-8(12(17)19)6-9-7-23-14-10(16)13(20)18(14)11(9)15(21)22;3-2(4,5)1(6)7/h2,6,10,14H,1,3-5,7,16H2,(H,21,22);(H,6,7)/b8-6+;/t10-,14-;/m1./s1. The summed E-state index contributed by atoms with van der Waals surface area (Å²) in [4.78, 5) is 47.5. The molecule has 2 fully saturated rings. The molecule has 0 aromatic rings. The second-order valence-electron chi connectivity index (χ2n) is 6.38. The van der Waals surface area contributed by atoms with Crippen LogP contribution in [0.25, 0.3) is 0 Å². The van der Waals surface area contributed by atoms with Crippen molar-refractivity contribution in [3.05, 3.63) is 35.6 Å². The maximum Gasteiger partial charge on any atom is 0.490 e. The number of halogens is 3. The molecule has 0 spiro atoms. The van der Waals surface area contributed by atoms with Crippen LogP contribution in [0.1, 0.15) is 6.42 Å². The lowest BCUT2D eigenvalue weighted by Gasteiger charge is -2.47. The minimum atomic E-state index is -5.08. The summed E-state index contributed by atoms with van der Waals surface area (Å²) in [6.45, 7) is 4.68. The Morgan fingerprint density at radius 1 is 1.30 bits per heavy atom. The third-order valence-corrected chi connectivity index (χ3v) is 5.72. The molecule has 0 saturated carbocycles. The van der Waals surface area contributed by atoms with Crippen LogP contribution in [0.2, 0.25) is 0 Å². The number of carbonyl (C=O) groups is 4. The number of hydrogen-bond donors (Lipinski definition) is 3. The number of carbonyl (C=O) groups excluding carboxylic acids is 2. The van der Waals surface area contributed by atoms with Gasteiger partial charge in [-0.1, -0.05) is 6.08 Å². The lowest BCUT2D eigenvalue weighted by atomic mass is 10.0. The van der Waals surface area contributed by atoms with Crippen molar-refractivity contribution in [2.45, 2.75) is 24.0 Å². The number of hydrogen-bond acceptors (Lipinski definition) is 6. The van der Waals surface area contributed by atoms with E-state index in [4.69, 9.17) is 15.6 Å². The van der Waals surface area contributed by atoms with Gasteiger partial charge in [-0.15, -0.1) is 18.3 Å². The maximum absolute atomic E-state index is 12.3. The van der Waals surface area contributed by atoms with Crippen LogP contribution in [0.3, 0.4) is 0 Å². The highest BCUT2D eigenvalue weighted by atomic mass is 32.2. The van der Waals surface area contributed by atoms with E-state index in [0.29, 0.717) is 36.4 Å². The highest BCUT2D eigenvalue weighted by Gasteiger charge is 2.51. The molecule has 0 aliphatic carbocycles. The van der Waals surface area contributed by atoms with Crippen molar-refractivity contribution in [1.82, 2.24) is 9.80 Å². The first-order chi connectivity index (χ1) is 13.9. The van der Waals surface area contributed by atoms with Crippen molar-refractivity contribution in [1.29, 1.82) is 0 Å². The molecule has 3 aliphatic heterocycles.